The molecule has 2 nitrogen and oxygen atoms in total. The third kappa shape index (κ3) is 2.20. The summed E-state index contributed by atoms with van der Waals surface area (Å²) in [5, 5.41) is 6.83. The fourth-order valence-corrected chi connectivity index (χ4v) is 1.09. The van der Waals surface area contributed by atoms with E-state index < -0.39 is 0 Å². The van der Waals surface area contributed by atoms with Crippen LogP contribution in [0.2, 0.25) is 0 Å². The minimum Gasteiger partial charge on any atom is -0.398 e. The van der Waals surface area contributed by atoms with Crippen molar-refractivity contribution in [1.82, 2.24) is 0 Å². The summed E-state index contributed by atoms with van der Waals surface area (Å²) in [5.41, 5.74) is 7.19. The summed E-state index contributed by atoms with van der Waals surface area (Å²) in [6, 6.07) is 7.64. The highest BCUT2D eigenvalue weighted by molar-refractivity contribution is 9.10. The number of halogens is 1. The Kier molecular flexibility index (Phi) is 3.05. The summed E-state index contributed by atoms with van der Waals surface area (Å²) in [7, 11) is 0. The normalized spacial score (nSPS) is 11.2. The monoisotopic (exact) mass is 224 g/mol. The predicted molar refractivity (Wildman–Crippen MR) is 55.1 cm³/mol. The van der Waals surface area contributed by atoms with Crippen LogP contribution in [0, 0.1) is 5.41 Å². The van der Waals surface area contributed by atoms with Crippen LogP contribution in [0.5, 0.6) is 0 Å². The van der Waals surface area contributed by atoms with Gasteiger partial charge in [-0.3, -0.25) is 0 Å². The minimum absolute atomic E-state index is 0.609. The number of nitrogens with two attached hydrogens (primary N) is 1. The van der Waals surface area contributed by atoms with E-state index in [4.69, 9.17) is 11.1 Å². The van der Waals surface area contributed by atoms with Crippen molar-refractivity contribution in [1.29, 1.82) is 5.41 Å². The maximum Gasteiger partial charge on any atom is 0.0402 e. The highest BCUT2D eigenvalue weighted by atomic mass is 79.9. The third-order valence-electron chi connectivity index (χ3n) is 1.44. The molecule has 0 heterocycles. The summed E-state index contributed by atoms with van der Waals surface area (Å²) < 4.78 is 1.02. The van der Waals surface area contributed by atoms with E-state index in [2.05, 4.69) is 15.9 Å². The molecular weight excluding hydrogens is 216 g/mol. The fourth-order valence-electron chi connectivity index (χ4n) is 0.828. The van der Waals surface area contributed by atoms with Gasteiger partial charge in [0.15, 0.2) is 0 Å². The first-order valence-corrected chi connectivity index (χ1v) is 4.25. The first kappa shape index (κ1) is 9.00. The summed E-state index contributed by atoms with van der Waals surface area (Å²) in [4.78, 5) is 0. The van der Waals surface area contributed by atoms with Gasteiger partial charge in [0.1, 0.15) is 0 Å². The van der Waals surface area contributed by atoms with Gasteiger partial charge in [0.25, 0.3) is 0 Å². The largest absolute Gasteiger partial charge is 0.398 e. The Balaban J connectivity index is 2.97. The van der Waals surface area contributed by atoms with Gasteiger partial charge >= 0.3 is 0 Å². The fraction of sp³-hybridized carbons (Fsp3) is 0. The lowest BCUT2D eigenvalue weighted by Gasteiger charge is -1.99. The van der Waals surface area contributed by atoms with E-state index in [1.165, 1.54) is 6.21 Å². The summed E-state index contributed by atoms with van der Waals surface area (Å²) in [6.45, 7) is 0. The van der Waals surface area contributed by atoms with Crippen LogP contribution in [-0.2, 0) is 0 Å². The van der Waals surface area contributed by atoms with Crippen LogP contribution in [0.3, 0.4) is 0 Å². The Labute approximate surface area is 79.7 Å². The maximum atomic E-state index is 6.83. The van der Waals surface area contributed by atoms with Crippen molar-refractivity contribution >= 4 is 27.8 Å². The second-order valence-corrected chi connectivity index (χ2v) is 3.21. The highest BCUT2D eigenvalue weighted by Gasteiger charge is 1.93. The number of allylic oxidation sites excluding steroid dienone is 1. The van der Waals surface area contributed by atoms with E-state index in [1.807, 2.05) is 24.3 Å². The lowest BCUT2D eigenvalue weighted by Crippen LogP contribution is -1.95. The molecule has 1 rings (SSSR count). The molecule has 1 aromatic carbocycles. The molecule has 0 saturated carbocycles. The number of benzene rings is 1. The van der Waals surface area contributed by atoms with Crippen LogP contribution >= 0.6 is 15.9 Å². The summed E-state index contributed by atoms with van der Waals surface area (Å²) >= 11 is 3.33. The first-order chi connectivity index (χ1) is 5.74. The Morgan fingerprint density at radius 3 is 2.42 bits per heavy atom. The lowest BCUT2D eigenvalue weighted by molar-refractivity contribution is 1.50. The maximum absolute atomic E-state index is 6.83. The molecular formula is C9H9BrN2. The molecule has 0 bridgehead atoms. The zero-order valence-corrected chi connectivity index (χ0v) is 8.01. The van der Waals surface area contributed by atoms with Crippen LogP contribution in [-0.4, -0.2) is 6.21 Å². The number of rotatable bonds is 2. The first-order valence-electron chi connectivity index (χ1n) is 3.46. The molecule has 0 fully saturated rings. The van der Waals surface area contributed by atoms with Crippen LogP contribution in [0.15, 0.2) is 34.8 Å². The molecule has 0 unspecified atom stereocenters. The third-order valence-corrected chi connectivity index (χ3v) is 1.97. The van der Waals surface area contributed by atoms with Crippen molar-refractivity contribution < 1.29 is 0 Å². The van der Waals surface area contributed by atoms with Gasteiger partial charge in [-0.15, -0.1) is 0 Å². The van der Waals surface area contributed by atoms with Crippen molar-refractivity contribution in [2.45, 2.75) is 0 Å². The summed E-state index contributed by atoms with van der Waals surface area (Å²) in [5.74, 6) is 0. The summed E-state index contributed by atoms with van der Waals surface area (Å²) in [6.07, 6.45) is 2.74. The average Bonchev–Trinajstić information content (AvgIpc) is 2.06. The van der Waals surface area contributed by atoms with Gasteiger partial charge in [-0.25, -0.2) is 0 Å². The Hall–Kier alpha value is -1.09. The Morgan fingerprint density at radius 2 is 1.92 bits per heavy atom. The molecule has 3 N–H and O–H groups in total. The van der Waals surface area contributed by atoms with Gasteiger partial charge in [-0.2, -0.15) is 0 Å². The number of hydrogen-bond acceptors (Lipinski definition) is 2. The van der Waals surface area contributed by atoms with Gasteiger partial charge in [-0.1, -0.05) is 28.1 Å². The van der Waals surface area contributed by atoms with Crippen LogP contribution in [0.4, 0.5) is 0 Å². The SMILES string of the molecule is N=C/C=C(\N)c1ccc(Br)cc1. The predicted octanol–water partition coefficient (Wildman–Crippen LogP) is 2.40. The Morgan fingerprint density at radius 1 is 1.33 bits per heavy atom. The Bertz CT molecular complexity index is 301. The molecule has 0 aliphatic rings. The van der Waals surface area contributed by atoms with Crippen molar-refractivity contribution in [2.75, 3.05) is 0 Å². The van der Waals surface area contributed by atoms with Crippen molar-refractivity contribution in [3.63, 3.8) is 0 Å². The quantitative estimate of drug-likeness (QED) is 0.746. The molecule has 0 radical (unpaired) electrons. The molecule has 1 aromatic rings. The standard InChI is InChI=1S/C9H9BrN2/c10-8-3-1-7(2-4-8)9(12)5-6-11/h1-6,11H,12H2/b9-5-,11-6?. The molecule has 3 heteroatoms. The minimum atomic E-state index is 0.609. The topological polar surface area (TPSA) is 49.9 Å². The average molecular weight is 225 g/mol. The number of nitrogens with one attached hydrogen (secondary N) is 1. The molecule has 12 heavy (non-hydrogen) atoms. The molecule has 0 amide bonds. The van der Waals surface area contributed by atoms with E-state index in [9.17, 15) is 0 Å². The van der Waals surface area contributed by atoms with Gasteiger partial charge in [0.2, 0.25) is 0 Å². The number of hydrogen-bond donors (Lipinski definition) is 2. The smallest absolute Gasteiger partial charge is 0.0402 e. The van der Waals surface area contributed by atoms with E-state index in [-0.39, 0.29) is 0 Å². The molecule has 0 atom stereocenters. The molecule has 0 aliphatic heterocycles. The van der Waals surface area contributed by atoms with Gasteiger partial charge < -0.3 is 11.1 Å². The van der Waals surface area contributed by atoms with Gasteiger partial charge in [0, 0.05) is 16.4 Å². The highest BCUT2D eigenvalue weighted by Crippen LogP contribution is 2.13. The van der Waals surface area contributed by atoms with Crippen LogP contribution < -0.4 is 5.73 Å². The van der Waals surface area contributed by atoms with Crippen molar-refractivity contribution in [3.05, 3.63) is 40.4 Å². The van der Waals surface area contributed by atoms with Crippen molar-refractivity contribution in [3.8, 4) is 0 Å². The van der Waals surface area contributed by atoms with E-state index in [0.717, 1.165) is 10.0 Å². The van der Waals surface area contributed by atoms with Crippen LogP contribution in [0.1, 0.15) is 5.56 Å². The molecule has 0 spiro atoms. The van der Waals surface area contributed by atoms with E-state index in [0.29, 0.717) is 5.70 Å². The van der Waals surface area contributed by atoms with Crippen LogP contribution in [0.25, 0.3) is 5.70 Å². The van der Waals surface area contributed by atoms with Gasteiger partial charge in [0.05, 0.1) is 0 Å². The van der Waals surface area contributed by atoms with Gasteiger partial charge in [-0.05, 0) is 23.8 Å². The molecule has 62 valence electrons. The molecule has 0 aromatic heterocycles. The zero-order valence-electron chi connectivity index (χ0n) is 6.42. The van der Waals surface area contributed by atoms with E-state index in [1.54, 1.807) is 6.08 Å². The van der Waals surface area contributed by atoms with E-state index >= 15 is 0 Å². The lowest BCUT2D eigenvalue weighted by atomic mass is 10.1. The molecule has 0 saturated heterocycles. The molecule has 0 aliphatic carbocycles. The second-order valence-electron chi connectivity index (χ2n) is 2.30. The second kappa shape index (κ2) is 4.07. The van der Waals surface area contributed by atoms with Crippen molar-refractivity contribution in [2.24, 2.45) is 5.73 Å². The zero-order chi connectivity index (χ0) is 8.97.